The lowest BCUT2D eigenvalue weighted by molar-refractivity contribution is -0.143. The van der Waals surface area contributed by atoms with Crippen LogP contribution in [0, 0.1) is 6.92 Å². The number of alkyl halides is 3. The summed E-state index contributed by atoms with van der Waals surface area (Å²) in [5.74, 6) is 2.31. The largest absolute Gasteiger partial charge is 0.497 e. The minimum absolute atomic E-state index is 0. The number of sulfone groups is 1. The Bertz CT molecular complexity index is 5160. The number of nitrogens with zero attached hydrogens (tertiary/aromatic N) is 8. The van der Waals surface area contributed by atoms with Crippen LogP contribution >= 0.6 is 0 Å². The Morgan fingerprint density at radius 2 is 1.12 bits per heavy atom. The smallest absolute Gasteiger partial charge is 0.431 e. The lowest BCUT2D eigenvalue weighted by Crippen LogP contribution is -2.50. The molecule has 26 heteroatoms. The average molecular weight is 1450 g/mol. The molecule has 10 aromatic rings. The molecule has 3 spiro atoms. The number of likely N-dealkylation sites (tertiary alicyclic amines) is 3. The van der Waals surface area contributed by atoms with E-state index in [2.05, 4.69) is 27.3 Å². The molecular formula is C79H82F3N9O13S. The monoisotopic (exact) mass is 1450 g/mol. The highest BCUT2D eigenvalue weighted by molar-refractivity contribution is 7.93. The normalized spacial score (nSPS) is 16.4. The number of halogens is 3. The van der Waals surface area contributed by atoms with Crippen LogP contribution in [0.2, 0.25) is 0 Å². The fourth-order valence-electron chi connectivity index (χ4n) is 15.4. The second-order valence-electron chi connectivity index (χ2n) is 27.5. The summed E-state index contributed by atoms with van der Waals surface area (Å²) in [7, 11) is 1.36. The number of fused-ring (bicyclic) bond motifs is 13. The van der Waals surface area contributed by atoms with Crippen molar-refractivity contribution in [2.24, 2.45) is 14.1 Å². The number of hydrogen-bond acceptors (Lipinski definition) is 14. The van der Waals surface area contributed by atoms with Crippen LogP contribution in [0.5, 0.6) is 34.5 Å². The Hall–Kier alpha value is -11.0. The summed E-state index contributed by atoms with van der Waals surface area (Å²) in [6, 6.07) is 39.7. The van der Waals surface area contributed by atoms with Crippen LogP contribution in [0.3, 0.4) is 0 Å². The van der Waals surface area contributed by atoms with Gasteiger partial charge in [-0.05, 0) is 138 Å². The first-order valence-electron chi connectivity index (χ1n) is 35.0. The number of aryl methyl sites for hydroxylation is 2. The van der Waals surface area contributed by atoms with Gasteiger partial charge in [0.2, 0.25) is 0 Å². The molecule has 2 N–H and O–H groups in total. The lowest BCUT2D eigenvalue weighted by atomic mass is 9.81. The van der Waals surface area contributed by atoms with Crippen molar-refractivity contribution in [3.05, 3.63) is 203 Å². The van der Waals surface area contributed by atoms with Crippen molar-refractivity contribution in [2.75, 3.05) is 59.6 Å². The van der Waals surface area contributed by atoms with Crippen LogP contribution in [0.25, 0.3) is 39.1 Å². The number of aromatic nitrogens is 6. The number of carbonyl (C=O) groups is 4. The third-order valence-corrected chi connectivity index (χ3v) is 23.7. The number of amides is 3. The zero-order valence-corrected chi connectivity index (χ0v) is 60.2. The van der Waals surface area contributed by atoms with E-state index >= 15 is 0 Å². The number of carboxylic acids is 1. The zero-order chi connectivity index (χ0) is 74.1. The average Bonchev–Trinajstić information content (AvgIpc) is 1.48. The van der Waals surface area contributed by atoms with Crippen molar-refractivity contribution in [1.82, 2.24) is 43.8 Å². The highest BCUT2D eigenvalue weighted by atomic mass is 32.2. The van der Waals surface area contributed by atoms with Gasteiger partial charge in [0.1, 0.15) is 51.4 Å². The Morgan fingerprint density at radius 1 is 0.619 bits per heavy atom. The van der Waals surface area contributed by atoms with Crippen molar-refractivity contribution in [3.63, 3.8) is 0 Å². The Labute approximate surface area is 606 Å². The molecular weight excluding hydrogens is 1370 g/mol. The van der Waals surface area contributed by atoms with Gasteiger partial charge in [-0.1, -0.05) is 36.4 Å². The van der Waals surface area contributed by atoms with Gasteiger partial charge in [0.15, 0.2) is 20.2 Å². The molecule has 0 radical (unpaired) electrons. The number of carboxylic acid groups (broad SMARTS) is 1. The van der Waals surface area contributed by atoms with Crippen LogP contribution in [0.1, 0.15) is 127 Å². The number of methoxy groups -OCH3 is 1. The molecule has 4 aromatic heterocycles. The van der Waals surface area contributed by atoms with Gasteiger partial charge < -0.3 is 57.8 Å². The Morgan fingerprint density at radius 3 is 1.66 bits per heavy atom. The first-order valence-corrected chi connectivity index (χ1v) is 36.5. The number of benzene rings is 6. The third-order valence-electron chi connectivity index (χ3n) is 21.3. The van der Waals surface area contributed by atoms with Gasteiger partial charge in [0, 0.05) is 144 Å². The summed E-state index contributed by atoms with van der Waals surface area (Å²) < 4.78 is 106. The van der Waals surface area contributed by atoms with E-state index in [0.717, 1.165) is 106 Å². The summed E-state index contributed by atoms with van der Waals surface area (Å²) in [5, 5.41) is 19.3. The van der Waals surface area contributed by atoms with E-state index < -0.39 is 49.2 Å². The summed E-state index contributed by atoms with van der Waals surface area (Å²) in [4.78, 5) is 60.0. The first-order chi connectivity index (χ1) is 50.3. The first kappa shape index (κ1) is 71.0. The van der Waals surface area contributed by atoms with Gasteiger partial charge in [-0.15, -0.1) is 0 Å². The van der Waals surface area contributed by atoms with Gasteiger partial charge in [-0.25, -0.2) is 8.42 Å². The van der Waals surface area contributed by atoms with Crippen molar-refractivity contribution in [3.8, 4) is 62.7 Å². The number of rotatable bonds is 11. The summed E-state index contributed by atoms with van der Waals surface area (Å²) in [6.45, 7) is 11.8. The molecule has 16 rings (SSSR count). The third kappa shape index (κ3) is 12.3. The van der Waals surface area contributed by atoms with Gasteiger partial charge in [-0.3, -0.25) is 28.5 Å². The van der Waals surface area contributed by atoms with E-state index in [9.17, 15) is 45.9 Å². The van der Waals surface area contributed by atoms with Crippen molar-refractivity contribution in [2.45, 2.75) is 106 Å². The summed E-state index contributed by atoms with van der Waals surface area (Å²) in [6.07, 6.45) is 4.40. The molecule has 0 saturated carbocycles. The predicted octanol–water partition coefficient (Wildman–Crippen LogP) is 13.7. The number of aromatic amines is 1. The molecule has 0 unspecified atom stereocenters. The highest BCUT2D eigenvalue weighted by Crippen LogP contribution is 2.53. The molecule has 548 valence electrons. The number of hydrogen-bond donors (Lipinski definition) is 2. The van der Waals surface area contributed by atoms with Gasteiger partial charge in [0.05, 0.1) is 71.5 Å². The minimum atomic E-state index is -4.57. The summed E-state index contributed by atoms with van der Waals surface area (Å²) >= 11 is 0. The molecule has 6 aromatic carbocycles. The molecule has 6 aliphatic heterocycles. The number of aliphatic carboxylic acids is 1. The molecule has 0 bridgehead atoms. The number of piperidine rings is 3. The van der Waals surface area contributed by atoms with Crippen LogP contribution < -0.4 is 28.4 Å². The highest BCUT2D eigenvalue weighted by Gasteiger charge is 2.51. The number of ether oxygens (including phenoxy) is 6. The molecule has 3 saturated heterocycles. The van der Waals surface area contributed by atoms with Crippen LogP contribution in [-0.4, -0.2) is 145 Å². The molecule has 105 heavy (non-hydrogen) atoms. The SMILES string of the molecule is CC(C)(C(=O)O)S(=O)(=O)c1ccc(C(=O)N2CCC3(CC2)Oc2ccccc2-n2c(C(F)(F)F)ccc23)cc1.CCOc1ccc(C(=O)N2CCC3(CC2)Oc2ccccc2-c2c3cnn2C)c(OCC)c1C.COc1ccc2[nH]cc(C(=O)N3CCC4(CC3)Oc3ccccc3-c3c4cnn3C)c2c1.[HH]. The number of H-pyrrole nitrogens is 1. The van der Waals surface area contributed by atoms with Crippen LogP contribution in [0.4, 0.5) is 13.2 Å². The van der Waals surface area contributed by atoms with Gasteiger partial charge in [0.25, 0.3) is 17.7 Å². The van der Waals surface area contributed by atoms with Crippen LogP contribution in [-0.2, 0) is 51.7 Å². The topological polar surface area (TPSA) is 244 Å². The number of para-hydroxylation sites is 4. The second kappa shape index (κ2) is 27.2. The zero-order valence-electron chi connectivity index (χ0n) is 59.4. The van der Waals surface area contributed by atoms with E-state index in [4.69, 9.17) is 28.4 Å². The molecule has 3 fully saturated rings. The maximum atomic E-state index is 13.8. The fourth-order valence-corrected chi connectivity index (χ4v) is 16.7. The van der Waals surface area contributed by atoms with Crippen molar-refractivity contribution < 1.29 is 75.7 Å². The summed E-state index contributed by atoms with van der Waals surface area (Å²) in [5.41, 5.74) is 7.67. The van der Waals surface area contributed by atoms with E-state index in [-0.39, 0.29) is 55.5 Å². The van der Waals surface area contributed by atoms with Crippen molar-refractivity contribution in [1.29, 1.82) is 0 Å². The van der Waals surface area contributed by atoms with Crippen LogP contribution in [0.15, 0.2) is 163 Å². The van der Waals surface area contributed by atoms with Crippen molar-refractivity contribution >= 4 is 44.4 Å². The molecule has 10 heterocycles. The predicted molar refractivity (Wildman–Crippen MR) is 386 cm³/mol. The number of carbonyl (C=O) groups excluding carboxylic acids is 3. The molecule has 6 aliphatic rings. The lowest BCUT2D eigenvalue weighted by Gasteiger charge is -2.45. The van der Waals surface area contributed by atoms with E-state index in [1.54, 1.807) is 37.6 Å². The number of nitrogens with one attached hydrogen (secondary N) is 1. The standard InChI is InChI=1S/C27H25F3N2O6S.C27H31N3O4.C25H24N4O3.H2/c1-25(2,24(34)35)39(36,37)18-9-7-17(8-10-18)23(33)31-15-13-26(14-16-31)21-11-12-22(27(28,29)30)32(21)19-5-3-4-6-20(19)38-26;1-5-32-22-12-11-20(25(18(22)3)33-6-2)26(31)30-15-13-27(14-16-30)21-17-28-29(4)24(21)19-9-7-8-10-23(19)34-27;1-28-23-17-5-3-4-6-22(17)32-25(20(23)15-27-28)9-11-29(12-10-25)24(30)19-14-26-21-8-7-16(31-2)13-18(19)21;/h3-12H,13-16H2,1-2H3,(H,34,35);7-12,17H,5-6,13-16H2,1-4H3;3-8,13-15,26H,9-12H2,1-2H3;1H. The maximum Gasteiger partial charge on any atom is 0.431 e. The molecule has 0 atom stereocenters. The molecule has 22 nitrogen and oxygen atoms in total. The quantitative estimate of drug-likeness (QED) is 0.122. The molecule has 3 amide bonds. The minimum Gasteiger partial charge on any atom is -0.497 e. The molecule has 0 aliphatic carbocycles. The Balaban J connectivity index is 0.000000141. The Kier molecular flexibility index (Phi) is 18.4. The fraction of sp³-hybridized carbons (Fsp3) is 0.342. The van der Waals surface area contributed by atoms with Gasteiger partial charge in [-0.2, -0.15) is 23.4 Å². The van der Waals surface area contributed by atoms with E-state index in [0.29, 0.717) is 86.2 Å². The van der Waals surface area contributed by atoms with Gasteiger partial charge >= 0.3 is 12.1 Å². The van der Waals surface area contributed by atoms with E-state index in [1.807, 2.05) is 133 Å². The maximum absolute atomic E-state index is 13.8. The second-order valence-corrected chi connectivity index (χ2v) is 30.0. The van der Waals surface area contributed by atoms with E-state index in [1.165, 1.54) is 39.8 Å².